The van der Waals surface area contributed by atoms with E-state index in [1.54, 1.807) is 0 Å². The van der Waals surface area contributed by atoms with Crippen molar-refractivity contribution in [3.05, 3.63) is 83.9 Å². The average molecular weight is 544 g/mol. The van der Waals surface area contributed by atoms with E-state index < -0.39 is 0 Å². The lowest BCUT2D eigenvalue weighted by molar-refractivity contribution is 0.372. The minimum absolute atomic E-state index is 0. The van der Waals surface area contributed by atoms with Gasteiger partial charge >= 0.3 is 0 Å². The Morgan fingerprint density at radius 1 is 1.00 bits per heavy atom. The van der Waals surface area contributed by atoms with E-state index in [4.69, 9.17) is 4.99 Å². The standard InChI is InChI=1S/C25H32N6.HI/c1-3-26-25(30-16-14-29(15-17-30)24-10-5-4-6-11-24)28-19-22-8-7-9-23(18-22)20-31-13-12-27-21(31)2;/h4-13,18H,3,14-17,19-20H2,1-2H3,(H,26,28);1H. The minimum Gasteiger partial charge on any atom is -0.368 e. The van der Waals surface area contributed by atoms with Gasteiger partial charge in [0.25, 0.3) is 0 Å². The number of aliphatic imine (C=N–C) groups is 1. The van der Waals surface area contributed by atoms with Crippen LogP contribution in [0.4, 0.5) is 5.69 Å². The van der Waals surface area contributed by atoms with Crippen LogP contribution in [-0.2, 0) is 13.1 Å². The van der Waals surface area contributed by atoms with Crippen LogP contribution in [0.25, 0.3) is 0 Å². The normalized spacial score (nSPS) is 14.2. The van der Waals surface area contributed by atoms with Crippen molar-refractivity contribution in [1.82, 2.24) is 19.8 Å². The van der Waals surface area contributed by atoms with E-state index in [0.717, 1.165) is 51.1 Å². The van der Waals surface area contributed by atoms with E-state index in [1.165, 1.54) is 16.8 Å². The van der Waals surface area contributed by atoms with Crippen LogP contribution in [0.2, 0.25) is 0 Å². The summed E-state index contributed by atoms with van der Waals surface area (Å²) in [6.45, 7) is 10.5. The summed E-state index contributed by atoms with van der Waals surface area (Å²) < 4.78 is 2.17. The first-order chi connectivity index (χ1) is 15.2. The highest BCUT2D eigenvalue weighted by Gasteiger charge is 2.19. The Morgan fingerprint density at radius 3 is 2.44 bits per heavy atom. The fourth-order valence-electron chi connectivity index (χ4n) is 4.00. The molecular weight excluding hydrogens is 511 g/mol. The van der Waals surface area contributed by atoms with Gasteiger partial charge in [0, 0.05) is 57.3 Å². The Kier molecular flexibility index (Phi) is 8.96. The van der Waals surface area contributed by atoms with Crippen LogP contribution >= 0.6 is 24.0 Å². The highest BCUT2D eigenvalue weighted by atomic mass is 127. The first kappa shape index (κ1) is 24.1. The Hall–Kier alpha value is -2.55. The molecule has 2 heterocycles. The number of halogens is 1. The van der Waals surface area contributed by atoms with E-state index >= 15 is 0 Å². The van der Waals surface area contributed by atoms with Crippen molar-refractivity contribution in [2.45, 2.75) is 26.9 Å². The molecule has 1 saturated heterocycles. The van der Waals surface area contributed by atoms with Gasteiger partial charge in [-0.15, -0.1) is 24.0 Å². The number of guanidine groups is 1. The van der Waals surface area contributed by atoms with Crippen LogP contribution in [0.15, 0.2) is 72.0 Å². The molecule has 1 N–H and O–H groups in total. The number of aryl methyl sites for hydroxylation is 1. The first-order valence-corrected chi connectivity index (χ1v) is 11.1. The number of hydrogen-bond donors (Lipinski definition) is 1. The molecule has 0 saturated carbocycles. The summed E-state index contributed by atoms with van der Waals surface area (Å²) in [5.41, 5.74) is 3.80. The van der Waals surface area contributed by atoms with Gasteiger partial charge in [-0.2, -0.15) is 0 Å². The van der Waals surface area contributed by atoms with Crippen molar-refractivity contribution in [3.8, 4) is 0 Å². The molecule has 1 aliphatic heterocycles. The predicted molar refractivity (Wildman–Crippen MR) is 143 cm³/mol. The number of para-hydroxylation sites is 1. The third-order valence-corrected chi connectivity index (χ3v) is 5.71. The van der Waals surface area contributed by atoms with Gasteiger partial charge in [0.05, 0.1) is 6.54 Å². The topological polar surface area (TPSA) is 48.7 Å². The molecule has 1 fully saturated rings. The fourth-order valence-corrected chi connectivity index (χ4v) is 4.00. The summed E-state index contributed by atoms with van der Waals surface area (Å²) in [6, 6.07) is 19.4. The fraction of sp³-hybridized carbons (Fsp3) is 0.360. The summed E-state index contributed by atoms with van der Waals surface area (Å²) in [7, 11) is 0. The lowest BCUT2D eigenvalue weighted by atomic mass is 10.1. The molecule has 3 aromatic rings. The number of benzene rings is 2. The van der Waals surface area contributed by atoms with E-state index in [9.17, 15) is 0 Å². The summed E-state index contributed by atoms with van der Waals surface area (Å²) in [5, 5.41) is 3.48. The first-order valence-electron chi connectivity index (χ1n) is 11.1. The van der Waals surface area contributed by atoms with Crippen LogP contribution in [0.5, 0.6) is 0 Å². The zero-order chi connectivity index (χ0) is 21.5. The zero-order valence-corrected chi connectivity index (χ0v) is 21.3. The summed E-state index contributed by atoms with van der Waals surface area (Å²) >= 11 is 0. The lowest BCUT2D eigenvalue weighted by Gasteiger charge is -2.37. The molecule has 32 heavy (non-hydrogen) atoms. The molecule has 0 bridgehead atoms. The molecule has 0 radical (unpaired) electrons. The third kappa shape index (κ3) is 6.25. The molecule has 2 aromatic carbocycles. The Bertz CT molecular complexity index is 992. The van der Waals surface area contributed by atoms with Crippen molar-refractivity contribution in [2.75, 3.05) is 37.6 Å². The Labute approximate surface area is 208 Å². The third-order valence-electron chi connectivity index (χ3n) is 5.71. The Balaban J connectivity index is 0.00000289. The van der Waals surface area contributed by atoms with Gasteiger partial charge < -0.3 is 19.7 Å². The van der Waals surface area contributed by atoms with Crippen molar-refractivity contribution >= 4 is 35.6 Å². The number of piperazine rings is 1. The lowest BCUT2D eigenvalue weighted by Crippen LogP contribution is -2.52. The van der Waals surface area contributed by atoms with E-state index in [1.807, 2.05) is 19.3 Å². The van der Waals surface area contributed by atoms with Crippen molar-refractivity contribution in [1.29, 1.82) is 0 Å². The van der Waals surface area contributed by atoms with Crippen LogP contribution in [0.1, 0.15) is 23.9 Å². The van der Waals surface area contributed by atoms with Gasteiger partial charge in [0.2, 0.25) is 0 Å². The monoisotopic (exact) mass is 544 g/mol. The summed E-state index contributed by atoms with van der Waals surface area (Å²) in [6.07, 6.45) is 3.88. The molecule has 4 rings (SSSR count). The molecule has 0 aliphatic carbocycles. The van der Waals surface area contributed by atoms with Crippen molar-refractivity contribution < 1.29 is 0 Å². The predicted octanol–water partition coefficient (Wildman–Crippen LogP) is 4.15. The van der Waals surface area contributed by atoms with Gasteiger partial charge in [-0.1, -0.05) is 42.5 Å². The smallest absolute Gasteiger partial charge is 0.194 e. The molecular formula is C25H33IN6. The van der Waals surface area contributed by atoms with E-state index in [-0.39, 0.29) is 24.0 Å². The van der Waals surface area contributed by atoms with Gasteiger partial charge in [-0.25, -0.2) is 9.98 Å². The maximum Gasteiger partial charge on any atom is 0.194 e. The maximum atomic E-state index is 4.95. The molecule has 0 amide bonds. The van der Waals surface area contributed by atoms with Gasteiger partial charge in [-0.05, 0) is 37.1 Å². The molecule has 1 aromatic heterocycles. The summed E-state index contributed by atoms with van der Waals surface area (Å²) in [5.74, 6) is 2.04. The molecule has 0 atom stereocenters. The number of anilines is 1. The largest absolute Gasteiger partial charge is 0.368 e. The molecule has 170 valence electrons. The minimum atomic E-state index is 0. The Morgan fingerprint density at radius 2 is 1.75 bits per heavy atom. The molecule has 7 heteroatoms. The maximum absolute atomic E-state index is 4.95. The molecule has 6 nitrogen and oxygen atoms in total. The number of rotatable bonds is 6. The number of imidazole rings is 1. The van der Waals surface area contributed by atoms with Gasteiger partial charge in [0.15, 0.2) is 5.96 Å². The quantitative estimate of drug-likeness (QED) is 0.288. The van der Waals surface area contributed by atoms with Crippen LogP contribution in [-0.4, -0.2) is 53.1 Å². The molecule has 0 unspecified atom stereocenters. The van der Waals surface area contributed by atoms with Crippen LogP contribution < -0.4 is 10.2 Å². The van der Waals surface area contributed by atoms with Crippen LogP contribution in [0, 0.1) is 6.92 Å². The SMILES string of the molecule is CCNC(=NCc1cccc(Cn2ccnc2C)c1)N1CCN(c2ccccc2)CC1.I. The van der Waals surface area contributed by atoms with E-state index in [2.05, 4.69) is 86.2 Å². The second-order valence-electron chi connectivity index (χ2n) is 7.90. The highest BCUT2D eigenvalue weighted by molar-refractivity contribution is 14.0. The average Bonchev–Trinajstić information content (AvgIpc) is 3.22. The second kappa shape index (κ2) is 11.9. The summed E-state index contributed by atoms with van der Waals surface area (Å²) in [4.78, 5) is 14.1. The molecule has 1 aliphatic rings. The number of hydrogen-bond acceptors (Lipinski definition) is 3. The second-order valence-corrected chi connectivity index (χ2v) is 7.90. The van der Waals surface area contributed by atoms with Crippen molar-refractivity contribution in [3.63, 3.8) is 0 Å². The van der Waals surface area contributed by atoms with Gasteiger partial charge in [-0.3, -0.25) is 0 Å². The van der Waals surface area contributed by atoms with Crippen LogP contribution in [0.3, 0.4) is 0 Å². The van der Waals surface area contributed by atoms with Crippen molar-refractivity contribution in [2.24, 2.45) is 4.99 Å². The number of nitrogens with zero attached hydrogens (tertiary/aromatic N) is 5. The highest BCUT2D eigenvalue weighted by Crippen LogP contribution is 2.16. The number of aromatic nitrogens is 2. The molecule has 0 spiro atoms. The number of nitrogens with one attached hydrogen (secondary N) is 1. The van der Waals surface area contributed by atoms with E-state index in [0.29, 0.717) is 6.54 Å². The van der Waals surface area contributed by atoms with Gasteiger partial charge in [0.1, 0.15) is 5.82 Å². The zero-order valence-electron chi connectivity index (χ0n) is 18.9.